The van der Waals surface area contributed by atoms with Gasteiger partial charge in [0.2, 0.25) is 0 Å². The minimum absolute atomic E-state index is 0.178. The number of thiazole rings is 1. The number of H-pyrrole nitrogens is 1. The molecule has 0 fully saturated rings. The maximum Gasteiger partial charge on any atom is 0.302 e. The summed E-state index contributed by atoms with van der Waals surface area (Å²) in [6.07, 6.45) is 1.62. The monoisotopic (exact) mass is 482 g/mol. The van der Waals surface area contributed by atoms with Crippen LogP contribution in [0.5, 0.6) is 5.75 Å². The molecule has 168 valence electrons. The van der Waals surface area contributed by atoms with Crippen molar-refractivity contribution in [1.29, 1.82) is 0 Å². The Bertz CT molecular complexity index is 1240. The maximum atomic E-state index is 13.0. The molecular weight excluding hydrogens is 464 g/mol. The number of carbonyl (C=O) groups excluding carboxylic acids is 2. The number of aromatic nitrogens is 3. The number of amides is 1. The summed E-state index contributed by atoms with van der Waals surface area (Å²) in [6.45, 7) is 1.78. The standard InChI is InChI=1S/C23H19ClN4O4S/c1-14(29)31-11-12-32-18-8-4-16(5-9-18)21-26-19(15-2-6-17(24)7-3-15)20(27-21)22(30)28-23-25-10-13-33-23/h2-10,13H,11-12H2,1H3,(H,26,27)(H,25,28,30). The van der Waals surface area contributed by atoms with Gasteiger partial charge in [-0.1, -0.05) is 23.7 Å². The summed E-state index contributed by atoms with van der Waals surface area (Å²) in [6, 6.07) is 14.3. The predicted molar refractivity (Wildman–Crippen MR) is 127 cm³/mol. The van der Waals surface area contributed by atoms with Crippen LogP contribution in [0.3, 0.4) is 0 Å². The van der Waals surface area contributed by atoms with Gasteiger partial charge in [0.15, 0.2) is 5.13 Å². The van der Waals surface area contributed by atoms with Gasteiger partial charge in [-0.15, -0.1) is 11.3 Å². The summed E-state index contributed by atoms with van der Waals surface area (Å²) < 4.78 is 10.4. The normalized spacial score (nSPS) is 10.6. The molecule has 0 spiro atoms. The van der Waals surface area contributed by atoms with Gasteiger partial charge in [-0.3, -0.25) is 14.9 Å². The Morgan fingerprint density at radius 2 is 1.79 bits per heavy atom. The van der Waals surface area contributed by atoms with Crippen LogP contribution in [0.2, 0.25) is 5.02 Å². The van der Waals surface area contributed by atoms with Crippen LogP contribution in [0, 0.1) is 0 Å². The number of nitrogens with one attached hydrogen (secondary N) is 2. The predicted octanol–water partition coefficient (Wildman–Crippen LogP) is 5.05. The summed E-state index contributed by atoms with van der Waals surface area (Å²) in [5.74, 6) is 0.449. The van der Waals surface area contributed by atoms with E-state index < -0.39 is 0 Å². The van der Waals surface area contributed by atoms with E-state index in [1.807, 2.05) is 24.3 Å². The quantitative estimate of drug-likeness (QED) is 0.269. The first-order chi connectivity index (χ1) is 16.0. The third kappa shape index (κ3) is 5.76. The van der Waals surface area contributed by atoms with E-state index >= 15 is 0 Å². The number of anilines is 1. The van der Waals surface area contributed by atoms with Crippen molar-refractivity contribution in [2.24, 2.45) is 0 Å². The summed E-state index contributed by atoms with van der Waals surface area (Å²) >= 11 is 7.35. The largest absolute Gasteiger partial charge is 0.490 e. The number of halogens is 1. The molecule has 4 rings (SSSR count). The number of rotatable bonds is 8. The van der Waals surface area contributed by atoms with E-state index in [-0.39, 0.29) is 25.1 Å². The molecule has 0 unspecified atom stereocenters. The van der Waals surface area contributed by atoms with Gasteiger partial charge >= 0.3 is 5.97 Å². The fraction of sp³-hybridized carbons (Fsp3) is 0.130. The van der Waals surface area contributed by atoms with Crippen LogP contribution in [0.4, 0.5) is 5.13 Å². The van der Waals surface area contributed by atoms with Crippen molar-refractivity contribution >= 4 is 39.9 Å². The topological polar surface area (TPSA) is 106 Å². The molecule has 33 heavy (non-hydrogen) atoms. The van der Waals surface area contributed by atoms with Gasteiger partial charge in [-0.25, -0.2) is 9.97 Å². The lowest BCUT2D eigenvalue weighted by atomic mass is 10.1. The van der Waals surface area contributed by atoms with Crippen molar-refractivity contribution in [1.82, 2.24) is 15.0 Å². The van der Waals surface area contributed by atoms with Gasteiger partial charge in [-0.05, 0) is 36.4 Å². The fourth-order valence-electron chi connectivity index (χ4n) is 2.99. The minimum Gasteiger partial charge on any atom is -0.490 e. The molecule has 0 atom stereocenters. The Morgan fingerprint density at radius 1 is 1.06 bits per heavy atom. The molecule has 0 radical (unpaired) electrons. The van der Waals surface area contributed by atoms with Gasteiger partial charge < -0.3 is 14.5 Å². The molecule has 0 aliphatic rings. The van der Waals surface area contributed by atoms with E-state index in [2.05, 4.69) is 20.3 Å². The number of hydrogen-bond acceptors (Lipinski definition) is 7. The number of esters is 1. The molecule has 2 aromatic carbocycles. The second kappa shape index (κ2) is 10.3. The number of benzene rings is 2. The van der Waals surface area contributed by atoms with E-state index in [1.165, 1.54) is 18.3 Å². The zero-order chi connectivity index (χ0) is 23.2. The van der Waals surface area contributed by atoms with Gasteiger partial charge in [0, 0.05) is 34.7 Å². The molecule has 0 aliphatic carbocycles. The highest BCUT2D eigenvalue weighted by atomic mass is 35.5. The molecule has 0 saturated heterocycles. The van der Waals surface area contributed by atoms with Crippen LogP contribution in [0.15, 0.2) is 60.1 Å². The zero-order valence-corrected chi connectivity index (χ0v) is 19.1. The van der Waals surface area contributed by atoms with Crippen LogP contribution in [0.25, 0.3) is 22.6 Å². The summed E-state index contributed by atoms with van der Waals surface area (Å²) in [7, 11) is 0. The molecule has 1 amide bonds. The summed E-state index contributed by atoms with van der Waals surface area (Å²) in [4.78, 5) is 35.7. The lowest BCUT2D eigenvalue weighted by Gasteiger charge is -2.06. The van der Waals surface area contributed by atoms with E-state index in [1.54, 1.807) is 35.8 Å². The van der Waals surface area contributed by atoms with E-state index in [0.29, 0.717) is 33.1 Å². The number of ether oxygens (including phenoxy) is 2. The van der Waals surface area contributed by atoms with Gasteiger partial charge in [-0.2, -0.15) is 0 Å². The fourth-order valence-corrected chi connectivity index (χ4v) is 3.64. The number of imidazole rings is 1. The zero-order valence-electron chi connectivity index (χ0n) is 17.5. The van der Waals surface area contributed by atoms with Crippen LogP contribution >= 0.6 is 22.9 Å². The number of nitrogens with zero attached hydrogens (tertiary/aromatic N) is 2. The van der Waals surface area contributed by atoms with Crippen molar-refractivity contribution in [3.8, 4) is 28.4 Å². The third-order valence-corrected chi connectivity index (χ3v) is 5.43. The lowest BCUT2D eigenvalue weighted by molar-refractivity contribution is -0.141. The molecule has 10 heteroatoms. The van der Waals surface area contributed by atoms with Crippen molar-refractivity contribution in [2.75, 3.05) is 18.5 Å². The Morgan fingerprint density at radius 3 is 2.45 bits per heavy atom. The van der Waals surface area contributed by atoms with Gasteiger partial charge in [0.25, 0.3) is 5.91 Å². The molecule has 2 N–H and O–H groups in total. The van der Waals surface area contributed by atoms with Crippen molar-refractivity contribution < 1.29 is 19.1 Å². The van der Waals surface area contributed by atoms with E-state index in [4.69, 9.17) is 21.1 Å². The third-order valence-electron chi connectivity index (χ3n) is 4.49. The average molecular weight is 483 g/mol. The average Bonchev–Trinajstić information content (AvgIpc) is 3.48. The smallest absolute Gasteiger partial charge is 0.302 e. The highest BCUT2D eigenvalue weighted by molar-refractivity contribution is 7.13. The summed E-state index contributed by atoms with van der Waals surface area (Å²) in [5, 5.41) is 5.65. The van der Waals surface area contributed by atoms with Crippen LogP contribution in [0.1, 0.15) is 17.4 Å². The molecule has 0 aliphatic heterocycles. The van der Waals surface area contributed by atoms with Crippen molar-refractivity contribution in [3.05, 3.63) is 70.8 Å². The first-order valence-electron chi connectivity index (χ1n) is 9.93. The highest BCUT2D eigenvalue weighted by Gasteiger charge is 2.20. The number of hydrogen-bond donors (Lipinski definition) is 2. The second-order valence-corrected chi connectivity index (χ2v) is 8.15. The Hall–Kier alpha value is -3.69. The Kier molecular flexibility index (Phi) is 7.01. The molecule has 2 aromatic heterocycles. The van der Waals surface area contributed by atoms with Crippen LogP contribution < -0.4 is 10.1 Å². The molecular formula is C23H19ClN4O4S. The maximum absolute atomic E-state index is 13.0. The van der Waals surface area contributed by atoms with Crippen LogP contribution in [-0.4, -0.2) is 40.0 Å². The lowest BCUT2D eigenvalue weighted by Crippen LogP contribution is -2.13. The molecule has 4 aromatic rings. The van der Waals surface area contributed by atoms with Gasteiger partial charge in [0.1, 0.15) is 36.2 Å². The SMILES string of the molecule is CC(=O)OCCOc1ccc(-c2nc(-c3ccc(Cl)cc3)c(C(=O)Nc3nccs3)[nH]2)cc1. The summed E-state index contributed by atoms with van der Waals surface area (Å²) in [5.41, 5.74) is 2.32. The van der Waals surface area contributed by atoms with E-state index in [9.17, 15) is 9.59 Å². The highest BCUT2D eigenvalue weighted by Crippen LogP contribution is 2.29. The van der Waals surface area contributed by atoms with Crippen LogP contribution in [-0.2, 0) is 9.53 Å². The first kappa shape index (κ1) is 22.5. The first-order valence-corrected chi connectivity index (χ1v) is 11.2. The van der Waals surface area contributed by atoms with Crippen molar-refractivity contribution in [2.45, 2.75) is 6.92 Å². The Labute approximate surface area is 198 Å². The molecule has 8 nitrogen and oxygen atoms in total. The van der Waals surface area contributed by atoms with Gasteiger partial charge in [0.05, 0.1) is 0 Å². The number of aromatic amines is 1. The molecule has 0 bridgehead atoms. The Balaban J connectivity index is 1.58. The minimum atomic E-state index is -0.349. The van der Waals surface area contributed by atoms with E-state index in [0.717, 1.165) is 11.1 Å². The van der Waals surface area contributed by atoms with Crippen molar-refractivity contribution in [3.63, 3.8) is 0 Å². The number of carbonyl (C=O) groups is 2. The second-order valence-electron chi connectivity index (χ2n) is 6.82. The molecule has 0 saturated carbocycles. The molecule has 2 heterocycles.